The Morgan fingerprint density at radius 3 is 2.48 bits per heavy atom. The number of nitrogens with zero attached hydrogens (tertiary/aromatic N) is 2. The quantitative estimate of drug-likeness (QED) is 0.245. The first-order valence-corrected chi connectivity index (χ1v) is 9.30. The topological polar surface area (TPSA) is 109 Å². The SMILES string of the molecule is COC1(OC)CCC(N=Cc2cc([N+](=O)[O-])c(OCC3CC3)cc2N)CC1. The number of hydrogen-bond donors (Lipinski definition) is 1. The molecule has 2 aliphatic carbocycles. The van der Waals surface area contributed by atoms with E-state index >= 15 is 0 Å². The fourth-order valence-corrected chi connectivity index (χ4v) is 3.33. The van der Waals surface area contributed by atoms with Gasteiger partial charge in [0, 0.05) is 56.7 Å². The summed E-state index contributed by atoms with van der Waals surface area (Å²) in [4.78, 5) is 15.5. The maximum Gasteiger partial charge on any atom is 0.311 e. The van der Waals surface area contributed by atoms with Crippen molar-refractivity contribution >= 4 is 17.6 Å². The van der Waals surface area contributed by atoms with E-state index in [1.54, 1.807) is 20.4 Å². The maximum atomic E-state index is 11.4. The summed E-state index contributed by atoms with van der Waals surface area (Å²) in [6.07, 6.45) is 7.01. The van der Waals surface area contributed by atoms with Crippen LogP contribution in [0, 0.1) is 16.0 Å². The number of rotatable bonds is 8. The van der Waals surface area contributed by atoms with E-state index in [-0.39, 0.29) is 17.5 Å². The Labute approximate surface area is 158 Å². The first kappa shape index (κ1) is 19.6. The third-order valence-electron chi connectivity index (χ3n) is 5.42. The van der Waals surface area contributed by atoms with Crippen LogP contribution in [-0.2, 0) is 9.47 Å². The zero-order valence-electron chi connectivity index (χ0n) is 15.8. The van der Waals surface area contributed by atoms with Crippen LogP contribution in [0.15, 0.2) is 17.1 Å². The van der Waals surface area contributed by atoms with E-state index in [1.807, 2.05) is 0 Å². The van der Waals surface area contributed by atoms with Crippen molar-refractivity contribution in [2.24, 2.45) is 10.9 Å². The van der Waals surface area contributed by atoms with Crippen molar-refractivity contribution in [1.29, 1.82) is 0 Å². The average molecular weight is 377 g/mol. The van der Waals surface area contributed by atoms with Crippen LogP contribution in [0.5, 0.6) is 5.75 Å². The van der Waals surface area contributed by atoms with Gasteiger partial charge in [0.25, 0.3) is 0 Å². The molecule has 2 saturated carbocycles. The second kappa shape index (κ2) is 8.22. The number of hydrogen-bond acceptors (Lipinski definition) is 7. The van der Waals surface area contributed by atoms with Gasteiger partial charge in [-0.1, -0.05) is 0 Å². The standard InChI is InChI=1S/C19H27N3O5/c1-25-19(26-2)7-5-15(6-8-19)21-11-14-9-17(22(23)24)18(10-16(14)20)27-12-13-3-4-13/h9-11,13,15H,3-8,12,20H2,1-2H3. The molecule has 0 amide bonds. The molecule has 0 atom stereocenters. The number of aliphatic imine (C=N–C) groups is 1. The van der Waals surface area contributed by atoms with Crippen molar-refractivity contribution in [2.75, 3.05) is 26.6 Å². The van der Waals surface area contributed by atoms with E-state index in [9.17, 15) is 10.1 Å². The highest BCUT2D eigenvalue weighted by atomic mass is 16.7. The smallest absolute Gasteiger partial charge is 0.311 e. The van der Waals surface area contributed by atoms with Gasteiger partial charge in [0.1, 0.15) is 0 Å². The summed E-state index contributed by atoms with van der Waals surface area (Å²) in [6, 6.07) is 3.09. The number of methoxy groups -OCH3 is 2. The molecular weight excluding hydrogens is 350 g/mol. The molecule has 8 nitrogen and oxygen atoms in total. The minimum Gasteiger partial charge on any atom is -0.486 e. The van der Waals surface area contributed by atoms with Crippen molar-refractivity contribution in [3.63, 3.8) is 0 Å². The van der Waals surface area contributed by atoms with E-state index in [2.05, 4.69) is 4.99 Å². The van der Waals surface area contributed by atoms with Gasteiger partial charge < -0.3 is 19.9 Å². The highest BCUT2D eigenvalue weighted by molar-refractivity contribution is 5.89. The Bertz CT molecular complexity index is 704. The molecule has 0 unspecified atom stereocenters. The molecule has 0 saturated heterocycles. The number of nitrogen functional groups attached to an aromatic ring is 1. The molecule has 0 spiro atoms. The van der Waals surface area contributed by atoms with Crippen LogP contribution < -0.4 is 10.5 Å². The van der Waals surface area contributed by atoms with Gasteiger partial charge in [-0.05, 0) is 31.6 Å². The molecular formula is C19H27N3O5. The monoisotopic (exact) mass is 377 g/mol. The average Bonchev–Trinajstić information content (AvgIpc) is 3.50. The van der Waals surface area contributed by atoms with Gasteiger partial charge in [0.2, 0.25) is 0 Å². The summed E-state index contributed by atoms with van der Waals surface area (Å²) < 4.78 is 16.6. The Balaban J connectivity index is 1.69. The van der Waals surface area contributed by atoms with Crippen molar-refractivity contribution in [3.05, 3.63) is 27.8 Å². The summed E-state index contributed by atoms with van der Waals surface area (Å²) in [6.45, 7) is 0.497. The minimum atomic E-state index is -0.523. The van der Waals surface area contributed by atoms with Crippen molar-refractivity contribution < 1.29 is 19.1 Å². The fourth-order valence-electron chi connectivity index (χ4n) is 3.33. The summed E-state index contributed by atoms with van der Waals surface area (Å²) in [5.74, 6) is 0.207. The fraction of sp³-hybridized carbons (Fsp3) is 0.632. The van der Waals surface area contributed by atoms with Crippen LogP contribution in [0.1, 0.15) is 44.1 Å². The molecule has 1 aromatic carbocycles. The highest BCUT2D eigenvalue weighted by Gasteiger charge is 2.35. The van der Waals surface area contributed by atoms with Crippen LogP contribution in [0.4, 0.5) is 11.4 Å². The first-order valence-electron chi connectivity index (χ1n) is 9.30. The number of nitro groups is 1. The van der Waals surface area contributed by atoms with E-state index in [4.69, 9.17) is 19.9 Å². The molecule has 0 aromatic heterocycles. The van der Waals surface area contributed by atoms with Crippen molar-refractivity contribution in [1.82, 2.24) is 0 Å². The lowest BCUT2D eigenvalue weighted by atomic mass is 9.90. The normalized spacial score (nSPS) is 20.1. The number of ether oxygens (including phenoxy) is 3. The summed E-state index contributed by atoms with van der Waals surface area (Å²) >= 11 is 0. The van der Waals surface area contributed by atoms with Crippen LogP contribution >= 0.6 is 0 Å². The number of benzene rings is 1. The van der Waals surface area contributed by atoms with Crippen LogP contribution in [-0.4, -0.2) is 43.8 Å². The Morgan fingerprint density at radius 1 is 1.26 bits per heavy atom. The lowest BCUT2D eigenvalue weighted by Crippen LogP contribution is -2.39. The number of anilines is 1. The highest BCUT2D eigenvalue weighted by Crippen LogP contribution is 2.36. The van der Waals surface area contributed by atoms with E-state index in [0.717, 1.165) is 38.5 Å². The summed E-state index contributed by atoms with van der Waals surface area (Å²) in [5, 5.41) is 11.4. The van der Waals surface area contributed by atoms with Gasteiger partial charge in [-0.2, -0.15) is 0 Å². The molecule has 2 fully saturated rings. The second-order valence-corrected chi connectivity index (χ2v) is 7.29. The molecule has 2 aliphatic rings. The van der Waals surface area contributed by atoms with Gasteiger partial charge in [-0.3, -0.25) is 15.1 Å². The Morgan fingerprint density at radius 2 is 1.93 bits per heavy atom. The van der Waals surface area contributed by atoms with E-state index < -0.39 is 10.7 Å². The number of nitrogens with two attached hydrogens (primary N) is 1. The van der Waals surface area contributed by atoms with E-state index in [0.29, 0.717) is 23.8 Å². The molecule has 8 heteroatoms. The lowest BCUT2D eigenvalue weighted by Gasteiger charge is -2.36. The molecule has 0 bridgehead atoms. The molecule has 148 valence electrons. The second-order valence-electron chi connectivity index (χ2n) is 7.29. The minimum absolute atomic E-state index is 0.0762. The summed E-state index contributed by atoms with van der Waals surface area (Å²) in [7, 11) is 3.31. The van der Waals surface area contributed by atoms with Gasteiger partial charge >= 0.3 is 5.69 Å². The van der Waals surface area contributed by atoms with Gasteiger partial charge in [0.15, 0.2) is 11.5 Å². The van der Waals surface area contributed by atoms with Gasteiger partial charge in [0.05, 0.1) is 17.6 Å². The Kier molecular flexibility index (Phi) is 5.96. The number of nitro benzene ring substituents is 1. The zero-order chi connectivity index (χ0) is 19.4. The van der Waals surface area contributed by atoms with Crippen LogP contribution in [0.25, 0.3) is 0 Å². The molecule has 27 heavy (non-hydrogen) atoms. The molecule has 0 radical (unpaired) electrons. The van der Waals surface area contributed by atoms with Gasteiger partial charge in [-0.25, -0.2) is 0 Å². The molecule has 2 N–H and O–H groups in total. The molecule has 0 aliphatic heterocycles. The first-order chi connectivity index (χ1) is 13.0. The summed E-state index contributed by atoms with van der Waals surface area (Å²) in [5.41, 5.74) is 6.97. The molecule has 3 rings (SSSR count). The van der Waals surface area contributed by atoms with Gasteiger partial charge in [-0.15, -0.1) is 0 Å². The molecule has 0 heterocycles. The van der Waals surface area contributed by atoms with Crippen molar-refractivity contribution in [2.45, 2.75) is 50.4 Å². The third-order valence-corrected chi connectivity index (χ3v) is 5.42. The van der Waals surface area contributed by atoms with Crippen molar-refractivity contribution in [3.8, 4) is 5.75 Å². The Hall–Kier alpha value is -2.19. The predicted molar refractivity (Wildman–Crippen MR) is 102 cm³/mol. The lowest BCUT2D eigenvalue weighted by molar-refractivity contribution is -0.385. The largest absolute Gasteiger partial charge is 0.486 e. The maximum absolute atomic E-state index is 11.4. The van der Waals surface area contributed by atoms with Crippen LogP contribution in [0.3, 0.4) is 0 Å². The third kappa shape index (κ3) is 4.75. The zero-order valence-corrected chi connectivity index (χ0v) is 15.8. The predicted octanol–water partition coefficient (Wildman–Crippen LogP) is 3.32. The van der Waals surface area contributed by atoms with Crippen LogP contribution in [0.2, 0.25) is 0 Å². The van der Waals surface area contributed by atoms with E-state index in [1.165, 1.54) is 12.1 Å². The molecule has 1 aromatic rings.